The Labute approximate surface area is 149 Å². The summed E-state index contributed by atoms with van der Waals surface area (Å²) in [5.41, 5.74) is 7.10. The van der Waals surface area contributed by atoms with Gasteiger partial charge in [0.2, 0.25) is 11.8 Å². The van der Waals surface area contributed by atoms with E-state index in [1.807, 2.05) is 0 Å². The van der Waals surface area contributed by atoms with Gasteiger partial charge in [0.25, 0.3) is 0 Å². The molecule has 3 N–H and O–H groups in total. The Bertz CT molecular complexity index is 592. The summed E-state index contributed by atoms with van der Waals surface area (Å²) in [6.45, 7) is 4.26. The molecule has 7 heteroatoms. The number of carbonyl (C=O) groups excluding carboxylic acids is 2. The highest BCUT2D eigenvalue weighted by Gasteiger charge is 2.23. The SMILES string of the molecule is COc1ccc(NC(=O)C(C)C(C)N)cc1N1CCCCC1=O.Cl. The van der Waals surface area contributed by atoms with Gasteiger partial charge in [-0.1, -0.05) is 6.92 Å². The Morgan fingerprint density at radius 3 is 2.62 bits per heavy atom. The predicted molar refractivity (Wildman–Crippen MR) is 97.9 cm³/mol. The Morgan fingerprint density at radius 2 is 2.04 bits per heavy atom. The number of rotatable bonds is 5. The lowest BCUT2D eigenvalue weighted by atomic mass is 10.0. The molecule has 1 fully saturated rings. The molecule has 134 valence electrons. The maximum Gasteiger partial charge on any atom is 0.228 e. The van der Waals surface area contributed by atoms with Crippen LogP contribution in [0.3, 0.4) is 0 Å². The fourth-order valence-corrected chi connectivity index (χ4v) is 2.53. The molecule has 2 rings (SSSR count). The van der Waals surface area contributed by atoms with E-state index in [0.717, 1.165) is 12.8 Å². The quantitative estimate of drug-likeness (QED) is 0.850. The van der Waals surface area contributed by atoms with Crippen LogP contribution in [0, 0.1) is 5.92 Å². The van der Waals surface area contributed by atoms with Crippen LogP contribution in [0.25, 0.3) is 0 Å². The van der Waals surface area contributed by atoms with E-state index in [2.05, 4.69) is 5.32 Å². The molecule has 1 aromatic rings. The summed E-state index contributed by atoms with van der Waals surface area (Å²) in [4.78, 5) is 26.0. The van der Waals surface area contributed by atoms with Crippen molar-refractivity contribution < 1.29 is 14.3 Å². The fourth-order valence-electron chi connectivity index (χ4n) is 2.53. The lowest BCUT2D eigenvalue weighted by molar-refractivity contribution is -0.120. The molecule has 2 unspecified atom stereocenters. The van der Waals surface area contributed by atoms with Crippen molar-refractivity contribution in [3.63, 3.8) is 0 Å². The van der Waals surface area contributed by atoms with E-state index >= 15 is 0 Å². The highest BCUT2D eigenvalue weighted by atomic mass is 35.5. The van der Waals surface area contributed by atoms with E-state index in [1.165, 1.54) is 0 Å². The standard InChI is InChI=1S/C17H25N3O3.ClH/c1-11(12(2)18)17(22)19-13-7-8-15(23-3)14(10-13)20-9-5-4-6-16(20)21;/h7-8,10-12H,4-6,9,18H2,1-3H3,(H,19,22);1H. The lowest BCUT2D eigenvalue weighted by Crippen LogP contribution is -2.36. The van der Waals surface area contributed by atoms with Gasteiger partial charge in [0.05, 0.1) is 18.7 Å². The number of ether oxygens (including phenoxy) is 1. The first-order valence-electron chi connectivity index (χ1n) is 7.99. The third kappa shape index (κ3) is 4.61. The lowest BCUT2D eigenvalue weighted by Gasteiger charge is -2.28. The van der Waals surface area contributed by atoms with Crippen molar-refractivity contribution >= 4 is 35.6 Å². The third-order valence-corrected chi connectivity index (χ3v) is 4.26. The average molecular weight is 356 g/mol. The Kier molecular flexibility index (Phi) is 7.51. The molecule has 2 amide bonds. The minimum absolute atomic E-state index is 0. The number of nitrogens with zero attached hydrogens (tertiary/aromatic N) is 1. The Hall–Kier alpha value is -1.79. The van der Waals surface area contributed by atoms with Crippen LogP contribution in [0.2, 0.25) is 0 Å². The van der Waals surface area contributed by atoms with Crippen molar-refractivity contribution in [2.24, 2.45) is 11.7 Å². The van der Waals surface area contributed by atoms with Gasteiger partial charge < -0.3 is 20.7 Å². The molecule has 0 spiro atoms. The monoisotopic (exact) mass is 355 g/mol. The second-order valence-corrected chi connectivity index (χ2v) is 6.03. The van der Waals surface area contributed by atoms with Crippen LogP contribution >= 0.6 is 12.4 Å². The molecule has 1 saturated heterocycles. The number of halogens is 1. The van der Waals surface area contributed by atoms with Crippen LogP contribution < -0.4 is 20.7 Å². The number of amides is 2. The maximum atomic E-state index is 12.2. The predicted octanol–water partition coefficient (Wildman–Crippen LogP) is 2.56. The largest absolute Gasteiger partial charge is 0.495 e. The normalized spacial score (nSPS) is 16.8. The number of carbonyl (C=O) groups is 2. The molecule has 0 bridgehead atoms. The molecular weight excluding hydrogens is 330 g/mol. The van der Waals surface area contributed by atoms with Crippen LogP contribution in [0.15, 0.2) is 18.2 Å². The number of hydrogen-bond acceptors (Lipinski definition) is 4. The molecule has 6 nitrogen and oxygen atoms in total. The van der Waals surface area contributed by atoms with Gasteiger partial charge in [0, 0.05) is 24.7 Å². The first-order valence-corrected chi connectivity index (χ1v) is 7.99. The van der Waals surface area contributed by atoms with Crippen molar-refractivity contribution in [3.8, 4) is 5.75 Å². The minimum Gasteiger partial charge on any atom is -0.495 e. The topological polar surface area (TPSA) is 84.7 Å². The van der Waals surface area contributed by atoms with Gasteiger partial charge in [-0.2, -0.15) is 0 Å². The zero-order valence-electron chi connectivity index (χ0n) is 14.4. The van der Waals surface area contributed by atoms with Gasteiger partial charge in [-0.25, -0.2) is 0 Å². The fraction of sp³-hybridized carbons (Fsp3) is 0.529. The molecule has 24 heavy (non-hydrogen) atoms. The smallest absolute Gasteiger partial charge is 0.228 e. The van der Waals surface area contributed by atoms with E-state index in [-0.39, 0.29) is 36.2 Å². The van der Waals surface area contributed by atoms with E-state index in [1.54, 1.807) is 44.1 Å². The molecule has 1 aliphatic heterocycles. The average Bonchev–Trinajstić information content (AvgIpc) is 2.54. The summed E-state index contributed by atoms with van der Waals surface area (Å²) in [6, 6.07) is 5.09. The summed E-state index contributed by atoms with van der Waals surface area (Å²) in [5.74, 6) is 0.277. The summed E-state index contributed by atoms with van der Waals surface area (Å²) >= 11 is 0. The summed E-state index contributed by atoms with van der Waals surface area (Å²) in [5, 5.41) is 2.86. The van der Waals surface area contributed by atoms with Crippen LogP contribution in [0.5, 0.6) is 5.75 Å². The van der Waals surface area contributed by atoms with E-state index < -0.39 is 0 Å². The van der Waals surface area contributed by atoms with Crippen molar-refractivity contribution in [1.82, 2.24) is 0 Å². The van der Waals surface area contributed by atoms with Crippen molar-refractivity contribution in [2.75, 3.05) is 23.9 Å². The number of methoxy groups -OCH3 is 1. The van der Waals surface area contributed by atoms with Crippen LogP contribution in [-0.2, 0) is 9.59 Å². The van der Waals surface area contributed by atoms with E-state index in [0.29, 0.717) is 30.1 Å². The molecule has 0 aliphatic carbocycles. The Morgan fingerprint density at radius 1 is 1.33 bits per heavy atom. The van der Waals surface area contributed by atoms with Crippen LogP contribution in [-0.4, -0.2) is 31.5 Å². The number of benzene rings is 1. The number of nitrogens with one attached hydrogen (secondary N) is 1. The molecule has 2 atom stereocenters. The number of hydrogen-bond donors (Lipinski definition) is 2. The number of nitrogens with two attached hydrogens (primary N) is 1. The van der Waals surface area contributed by atoms with Crippen LogP contribution in [0.4, 0.5) is 11.4 Å². The first-order chi connectivity index (χ1) is 10.9. The van der Waals surface area contributed by atoms with Gasteiger partial charge in [0.1, 0.15) is 5.75 Å². The van der Waals surface area contributed by atoms with Gasteiger partial charge in [-0.3, -0.25) is 9.59 Å². The summed E-state index contributed by atoms with van der Waals surface area (Å²) < 4.78 is 5.37. The number of anilines is 2. The number of piperidine rings is 1. The van der Waals surface area contributed by atoms with E-state index in [9.17, 15) is 9.59 Å². The molecule has 0 aromatic heterocycles. The van der Waals surface area contributed by atoms with Gasteiger partial charge in [-0.05, 0) is 38.0 Å². The summed E-state index contributed by atoms with van der Waals surface area (Å²) in [6.07, 6.45) is 2.43. The molecule has 0 saturated carbocycles. The summed E-state index contributed by atoms with van der Waals surface area (Å²) in [7, 11) is 1.57. The molecule has 1 heterocycles. The molecule has 1 aliphatic rings. The highest BCUT2D eigenvalue weighted by molar-refractivity contribution is 5.98. The van der Waals surface area contributed by atoms with Gasteiger partial charge in [-0.15, -0.1) is 12.4 Å². The Balaban J connectivity index is 0.00000288. The third-order valence-electron chi connectivity index (χ3n) is 4.26. The van der Waals surface area contributed by atoms with Gasteiger partial charge in [0.15, 0.2) is 0 Å². The minimum atomic E-state index is -0.294. The van der Waals surface area contributed by atoms with Crippen molar-refractivity contribution in [1.29, 1.82) is 0 Å². The molecule has 1 aromatic carbocycles. The van der Waals surface area contributed by atoms with Crippen LogP contribution in [0.1, 0.15) is 33.1 Å². The molecular formula is C17H26ClN3O3. The maximum absolute atomic E-state index is 12.2. The van der Waals surface area contributed by atoms with Gasteiger partial charge >= 0.3 is 0 Å². The zero-order valence-corrected chi connectivity index (χ0v) is 15.2. The highest BCUT2D eigenvalue weighted by Crippen LogP contribution is 2.33. The zero-order chi connectivity index (χ0) is 17.0. The van der Waals surface area contributed by atoms with Crippen molar-refractivity contribution in [2.45, 2.75) is 39.2 Å². The second kappa shape index (κ2) is 8.89. The van der Waals surface area contributed by atoms with E-state index in [4.69, 9.17) is 10.5 Å². The molecule has 0 radical (unpaired) electrons. The van der Waals surface area contributed by atoms with Crippen molar-refractivity contribution in [3.05, 3.63) is 18.2 Å². The second-order valence-electron chi connectivity index (χ2n) is 6.03. The first kappa shape index (κ1) is 20.3.